The molecule has 0 unspecified atom stereocenters. The second kappa shape index (κ2) is 6.30. The average Bonchev–Trinajstić information content (AvgIpc) is 3.25. The molecule has 5 nitrogen and oxygen atoms in total. The largest absolute Gasteiger partial charge is 0.473 e. The van der Waals surface area contributed by atoms with Crippen molar-refractivity contribution in [3.8, 4) is 17.3 Å². The Kier molecular flexibility index (Phi) is 4.00. The van der Waals surface area contributed by atoms with Crippen LogP contribution in [-0.2, 0) is 6.61 Å². The number of hydrogen-bond donors (Lipinski definition) is 0. The third-order valence-corrected chi connectivity index (χ3v) is 4.28. The quantitative estimate of drug-likeness (QED) is 0.481. The van der Waals surface area contributed by atoms with E-state index in [0.717, 1.165) is 10.0 Å². The van der Waals surface area contributed by atoms with Crippen LogP contribution in [0.1, 0.15) is 5.56 Å². The molecule has 0 fully saturated rings. The predicted molar refractivity (Wildman–Crippen MR) is 94.2 cm³/mol. The third kappa shape index (κ3) is 2.90. The minimum atomic E-state index is 0.394. The summed E-state index contributed by atoms with van der Waals surface area (Å²) in [5, 5.41) is 4.99. The number of nitrogens with zero attached hydrogens (tertiary/aromatic N) is 3. The highest BCUT2D eigenvalue weighted by molar-refractivity contribution is 9.10. The number of halogens is 2. The van der Waals surface area contributed by atoms with Crippen LogP contribution in [0.3, 0.4) is 0 Å². The summed E-state index contributed by atoms with van der Waals surface area (Å²) in [7, 11) is 0. The summed E-state index contributed by atoms with van der Waals surface area (Å²) in [6.07, 6.45) is 3.30. The first kappa shape index (κ1) is 15.2. The number of rotatable bonds is 4. The summed E-state index contributed by atoms with van der Waals surface area (Å²) in [6, 6.07) is 13.0. The van der Waals surface area contributed by atoms with Crippen molar-refractivity contribution < 1.29 is 9.15 Å². The summed E-state index contributed by atoms with van der Waals surface area (Å²) in [6.45, 7) is 0.394. The van der Waals surface area contributed by atoms with Gasteiger partial charge in [-0.25, -0.2) is 4.98 Å². The fourth-order valence-electron chi connectivity index (χ4n) is 2.30. The Labute approximate surface area is 151 Å². The normalized spacial score (nSPS) is 11.1. The molecule has 1 aromatic carbocycles. The SMILES string of the molecule is Clc1ccc(COc2cc(-c3ccco3)nc3c(Br)cnn23)cc1. The molecule has 0 aliphatic rings. The molecule has 0 bridgehead atoms. The Morgan fingerprint density at radius 3 is 2.79 bits per heavy atom. The molecule has 3 heterocycles. The number of ether oxygens (including phenoxy) is 1. The van der Waals surface area contributed by atoms with Gasteiger partial charge < -0.3 is 9.15 Å². The maximum atomic E-state index is 5.95. The molecule has 0 N–H and O–H groups in total. The molecule has 7 heteroatoms. The van der Waals surface area contributed by atoms with Gasteiger partial charge in [-0.05, 0) is 45.8 Å². The van der Waals surface area contributed by atoms with Gasteiger partial charge >= 0.3 is 0 Å². The maximum Gasteiger partial charge on any atom is 0.219 e. The van der Waals surface area contributed by atoms with Crippen LogP contribution in [-0.4, -0.2) is 14.6 Å². The molecular weight excluding hydrogens is 394 g/mol. The van der Waals surface area contributed by atoms with E-state index < -0.39 is 0 Å². The van der Waals surface area contributed by atoms with Crippen molar-refractivity contribution in [1.29, 1.82) is 0 Å². The molecule has 0 saturated carbocycles. The third-order valence-electron chi connectivity index (χ3n) is 3.47. The van der Waals surface area contributed by atoms with Crippen LogP contribution in [0, 0.1) is 0 Å². The van der Waals surface area contributed by atoms with Gasteiger partial charge in [0.25, 0.3) is 0 Å². The van der Waals surface area contributed by atoms with Gasteiger partial charge in [-0.15, -0.1) is 0 Å². The number of hydrogen-bond acceptors (Lipinski definition) is 4. The fraction of sp³-hybridized carbons (Fsp3) is 0.0588. The zero-order chi connectivity index (χ0) is 16.5. The first-order valence-electron chi connectivity index (χ1n) is 7.16. The number of furan rings is 1. The molecule has 0 spiro atoms. The predicted octanol–water partition coefficient (Wildman–Crippen LogP) is 4.98. The summed E-state index contributed by atoms with van der Waals surface area (Å²) < 4.78 is 13.8. The summed E-state index contributed by atoms with van der Waals surface area (Å²) >= 11 is 9.36. The van der Waals surface area contributed by atoms with Crippen LogP contribution in [0.4, 0.5) is 0 Å². The fourth-order valence-corrected chi connectivity index (χ4v) is 2.77. The Morgan fingerprint density at radius 2 is 2.04 bits per heavy atom. The van der Waals surface area contributed by atoms with Crippen molar-refractivity contribution in [2.45, 2.75) is 6.61 Å². The standard InChI is InChI=1S/C17H11BrClN3O2/c18-13-9-20-22-16(24-10-11-3-5-12(19)6-4-11)8-14(21-17(13)22)15-2-1-7-23-15/h1-9H,10H2. The molecule has 0 radical (unpaired) electrons. The van der Waals surface area contributed by atoms with Gasteiger partial charge in [0, 0.05) is 11.1 Å². The van der Waals surface area contributed by atoms with Crippen molar-refractivity contribution in [1.82, 2.24) is 14.6 Å². The topological polar surface area (TPSA) is 52.6 Å². The lowest BCUT2D eigenvalue weighted by Gasteiger charge is -2.09. The van der Waals surface area contributed by atoms with Gasteiger partial charge in [0.2, 0.25) is 5.88 Å². The van der Waals surface area contributed by atoms with E-state index in [1.54, 1.807) is 23.0 Å². The summed E-state index contributed by atoms with van der Waals surface area (Å²) in [5.41, 5.74) is 2.35. The molecule has 0 atom stereocenters. The Balaban J connectivity index is 1.71. The minimum Gasteiger partial charge on any atom is -0.473 e. The maximum absolute atomic E-state index is 5.95. The summed E-state index contributed by atoms with van der Waals surface area (Å²) in [5.74, 6) is 1.24. The lowest BCUT2D eigenvalue weighted by Crippen LogP contribution is -2.03. The van der Waals surface area contributed by atoms with Gasteiger partial charge in [0.15, 0.2) is 11.4 Å². The van der Waals surface area contributed by atoms with Crippen LogP contribution >= 0.6 is 27.5 Å². The smallest absolute Gasteiger partial charge is 0.219 e. The van der Waals surface area contributed by atoms with E-state index in [-0.39, 0.29) is 0 Å². The molecule has 0 saturated heterocycles. The van der Waals surface area contributed by atoms with Crippen LogP contribution in [0.5, 0.6) is 5.88 Å². The van der Waals surface area contributed by atoms with Crippen molar-refractivity contribution in [3.63, 3.8) is 0 Å². The zero-order valence-electron chi connectivity index (χ0n) is 12.3. The van der Waals surface area contributed by atoms with E-state index in [2.05, 4.69) is 26.0 Å². The van der Waals surface area contributed by atoms with Gasteiger partial charge in [0.1, 0.15) is 12.3 Å². The second-order valence-corrected chi connectivity index (χ2v) is 6.39. The molecule has 24 heavy (non-hydrogen) atoms. The van der Waals surface area contributed by atoms with E-state index in [0.29, 0.717) is 34.6 Å². The second-order valence-electron chi connectivity index (χ2n) is 5.10. The van der Waals surface area contributed by atoms with Gasteiger partial charge in [-0.2, -0.15) is 9.61 Å². The first-order chi connectivity index (χ1) is 11.7. The van der Waals surface area contributed by atoms with Gasteiger partial charge in [-0.3, -0.25) is 0 Å². The van der Waals surface area contributed by atoms with Crippen molar-refractivity contribution in [2.75, 3.05) is 0 Å². The van der Waals surface area contributed by atoms with Gasteiger partial charge in [-0.1, -0.05) is 23.7 Å². The lowest BCUT2D eigenvalue weighted by atomic mass is 10.2. The van der Waals surface area contributed by atoms with E-state index >= 15 is 0 Å². The monoisotopic (exact) mass is 403 g/mol. The molecular formula is C17H11BrClN3O2. The molecule has 3 aromatic heterocycles. The number of fused-ring (bicyclic) bond motifs is 1. The van der Waals surface area contributed by atoms with Crippen LogP contribution in [0.15, 0.2) is 63.8 Å². The number of aromatic nitrogens is 3. The number of benzene rings is 1. The molecule has 0 aliphatic heterocycles. The zero-order valence-corrected chi connectivity index (χ0v) is 14.7. The van der Waals surface area contributed by atoms with Crippen LogP contribution in [0.25, 0.3) is 17.1 Å². The van der Waals surface area contributed by atoms with E-state index in [9.17, 15) is 0 Å². The van der Waals surface area contributed by atoms with Crippen molar-refractivity contribution in [2.24, 2.45) is 0 Å². The van der Waals surface area contributed by atoms with E-state index in [1.165, 1.54) is 0 Å². The van der Waals surface area contributed by atoms with Crippen LogP contribution < -0.4 is 4.74 Å². The molecule has 0 amide bonds. The van der Waals surface area contributed by atoms with Crippen LogP contribution in [0.2, 0.25) is 5.02 Å². The highest BCUT2D eigenvalue weighted by atomic mass is 79.9. The molecule has 0 aliphatic carbocycles. The van der Waals surface area contributed by atoms with E-state index in [1.807, 2.05) is 36.4 Å². The minimum absolute atomic E-state index is 0.394. The molecule has 4 rings (SSSR count). The first-order valence-corrected chi connectivity index (χ1v) is 8.33. The molecule has 4 aromatic rings. The highest BCUT2D eigenvalue weighted by Gasteiger charge is 2.14. The highest BCUT2D eigenvalue weighted by Crippen LogP contribution is 2.27. The van der Waals surface area contributed by atoms with Crippen molar-refractivity contribution >= 4 is 33.2 Å². The average molecular weight is 405 g/mol. The summed E-state index contributed by atoms with van der Waals surface area (Å²) in [4.78, 5) is 4.57. The lowest BCUT2D eigenvalue weighted by molar-refractivity contribution is 0.285. The molecule has 120 valence electrons. The Bertz CT molecular complexity index is 981. The van der Waals surface area contributed by atoms with Gasteiger partial charge in [0.05, 0.1) is 16.9 Å². The van der Waals surface area contributed by atoms with Crippen molar-refractivity contribution in [3.05, 3.63) is 70.0 Å². The Hall–Kier alpha value is -2.31. The Morgan fingerprint density at radius 1 is 1.21 bits per heavy atom. The van der Waals surface area contributed by atoms with E-state index in [4.69, 9.17) is 20.8 Å².